The van der Waals surface area contributed by atoms with Gasteiger partial charge in [-0.25, -0.2) is 4.68 Å². The second-order valence-corrected chi connectivity index (χ2v) is 4.80. The fourth-order valence-corrected chi connectivity index (χ4v) is 2.43. The van der Waals surface area contributed by atoms with Crippen molar-refractivity contribution in [3.63, 3.8) is 0 Å². The molecule has 0 unspecified atom stereocenters. The maximum atomic E-state index is 11.2. The Labute approximate surface area is 119 Å². The summed E-state index contributed by atoms with van der Waals surface area (Å²) in [6, 6.07) is 9.17. The zero-order valence-corrected chi connectivity index (χ0v) is 10.9. The molecule has 0 saturated heterocycles. The molecule has 3 heterocycles. The monoisotopic (exact) mass is 277 g/mol. The first-order chi connectivity index (χ1) is 10.2. The fraction of sp³-hybridized carbons (Fsp3) is 0. The van der Waals surface area contributed by atoms with Gasteiger partial charge in [0, 0.05) is 17.1 Å². The van der Waals surface area contributed by atoms with E-state index in [1.165, 1.54) is 0 Å². The average Bonchev–Trinajstić information content (AvgIpc) is 3.12. The number of aromatic nitrogens is 4. The number of carbonyl (C=O) groups is 1. The lowest BCUT2D eigenvalue weighted by Crippen LogP contribution is -2.10. The van der Waals surface area contributed by atoms with Gasteiger partial charge in [0.05, 0.1) is 34.6 Å². The maximum Gasteiger partial charge on any atom is 0.248 e. The van der Waals surface area contributed by atoms with Gasteiger partial charge in [-0.15, -0.1) is 0 Å². The zero-order chi connectivity index (χ0) is 14.4. The number of fused-ring (bicyclic) bond motifs is 2. The number of nitrogens with one attached hydrogen (secondary N) is 1. The van der Waals surface area contributed by atoms with E-state index in [4.69, 9.17) is 5.73 Å². The third-order valence-electron chi connectivity index (χ3n) is 3.48. The number of amides is 1. The van der Waals surface area contributed by atoms with Gasteiger partial charge in [-0.1, -0.05) is 0 Å². The minimum atomic E-state index is -0.445. The Morgan fingerprint density at radius 3 is 2.95 bits per heavy atom. The highest BCUT2D eigenvalue weighted by atomic mass is 16.1. The van der Waals surface area contributed by atoms with Crippen molar-refractivity contribution in [2.24, 2.45) is 5.73 Å². The highest BCUT2D eigenvalue weighted by Gasteiger charge is 2.09. The second kappa shape index (κ2) is 4.17. The van der Waals surface area contributed by atoms with E-state index in [0.29, 0.717) is 5.56 Å². The normalized spacial score (nSPS) is 11.2. The smallest absolute Gasteiger partial charge is 0.248 e. The predicted molar refractivity (Wildman–Crippen MR) is 79.2 cm³/mol. The molecule has 0 fully saturated rings. The number of aromatic amines is 1. The molecule has 6 nitrogen and oxygen atoms in total. The van der Waals surface area contributed by atoms with Crippen LogP contribution in [0.2, 0.25) is 0 Å². The van der Waals surface area contributed by atoms with E-state index in [2.05, 4.69) is 15.1 Å². The number of primary amides is 1. The van der Waals surface area contributed by atoms with E-state index < -0.39 is 5.91 Å². The molecule has 1 amide bonds. The number of nitrogens with zero attached hydrogens (tertiary/aromatic N) is 3. The Morgan fingerprint density at radius 2 is 2.10 bits per heavy atom. The third kappa shape index (κ3) is 1.77. The summed E-state index contributed by atoms with van der Waals surface area (Å²) >= 11 is 0. The van der Waals surface area contributed by atoms with Crippen LogP contribution in [0.5, 0.6) is 0 Å². The first kappa shape index (κ1) is 11.7. The van der Waals surface area contributed by atoms with Crippen molar-refractivity contribution in [3.05, 3.63) is 54.5 Å². The number of benzene rings is 1. The number of pyridine rings is 1. The van der Waals surface area contributed by atoms with E-state index in [1.54, 1.807) is 29.2 Å². The van der Waals surface area contributed by atoms with Crippen molar-refractivity contribution in [1.29, 1.82) is 0 Å². The summed E-state index contributed by atoms with van der Waals surface area (Å²) in [7, 11) is 0. The summed E-state index contributed by atoms with van der Waals surface area (Å²) < 4.78 is 1.79. The quantitative estimate of drug-likeness (QED) is 0.587. The first-order valence-electron chi connectivity index (χ1n) is 6.43. The number of rotatable bonds is 2. The Morgan fingerprint density at radius 1 is 1.19 bits per heavy atom. The molecular formula is C15H11N5O. The molecule has 0 aliphatic heterocycles. The van der Waals surface area contributed by atoms with Gasteiger partial charge in [-0.3, -0.25) is 9.78 Å². The molecule has 0 spiro atoms. The van der Waals surface area contributed by atoms with Crippen molar-refractivity contribution in [2.75, 3.05) is 0 Å². The van der Waals surface area contributed by atoms with Crippen LogP contribution in [-0.2, 0) is 0 Å². The Balaban J connectivity index is 1.91. The molecule has 0 saturated carbocycles. The highest BCUT2D eigenvalue weighted by molar-refractivity contribution is 5.97. The molecule has 102 valence electrons. The van der Waals surface area contributed by atoms with Crippen LogP contribution in [0, 0.1) is 0 Å². The van der Waals surface area contributed by atoms with E-state index in [1.807, 2.05) is 24.4 Å². The van der Waals surface area contributed by atoms with Crippen molar-refractivity contribution in [3.8, 4) is 5.69 Å². The van der Waals surface area contributed by atoms with Gasteiger partial charge in [0.1, 0.15) is 0 Å². The lowest BCUT2D eigenvalue weighted by atomic mass is 10.1. The van der Waals surface area contributed by atoms with Gasteiger partial charge in [0.15, 0.2) is 0 Å². The number of nitrogens with two attached hydrogens (primary N) is 1. The predicted octanol–water partition coefficient (Wildman–Crippen LogP) is 2.00. The van der Waals surface area contributed by atoms with Crippen molar-refractivity contribution in [2.45, 2.75) is 0 Å². The first-order valence-corrected chi connectivity index (χ1v) is 6.43. The molecule has 21 heavy (non-hydrogen) atoms. The van der Waals surface area contributed by atoms with Crippen molar-refractivity contribution in [1.82, 2.24) is 19.7 Å². The van der Waals surface area contributed by atoms with E-state index in [0.717, 1.165) is 27.6 Å². The molecule has 6 heteroatoms. The summed E-state index contributed by atoms with van der Waals surface area (Å²) in [6.07, 6.45) is 5.33. The van der Waals surface area contributed by atoms with Crippen LogP contribution in [0.1, 0.15) is 10.4 Å². The molecule has 0 atom stereocenters. The van der Waals surface area contributed by atoms with Gasteiger partial charge in [-0.2, -0.15) is 5.10 Å². The van der Waals surface area contributed by atoms with E-state index in [9.17, 15) is 4.79 Å². The maximum absolute atomic E-state index is 11.2. The fourth-order valence-electron chi connectivity index (χ4n) is 2.43. The molecule has 3 aromatic heterocycles. The molecule has 3 N–H and O–H groups in total. The lowest BCUT2D eigenvalue weighted by Gasteiger charge is -2.04. The topological polar surface area (TPSA) is 89.6 Å². The second-order valence-electron chi connectivity index (χ2n) is 4.80. The van der Waals surface area contributed by atoms with Gasteiger partial charge in [-0.05, 0) is 30.3 Å². The molecule has 0 radical (unpaired) electrons. The SMILES string of the molecule is NC(=O)c1ccc2c(cnn2-c2cnc3cc[nH]c3c2)c1. The van der Waals surface area contributed by atoms with Gasteiger partial charge >= 0.3 is 0 Å². The Kier molecular flexibility index (Phi) is 2.32. The third-order valence-corrected chi connectivity index (χ3v) is 3.48. The number of H-pyrrole nitrogens is 1. The highest BCUT2D eigenvalue weighted by Crippen LogP contribution is 2.21. The molecule has 0 bridgehead atoms. The van der Waals surface area contributed by atoms with E-state index in [-0.39, 0.29) is 0 Å². The molecule has 0 aliphatic rings. The van der Waals surface area contributed by atoms with Crippen LogP contribution in [0.25, 0.3) is 27.6 Å². The van der Waals surface area contributed by atoms with E-state index >= 15 is 0 Å². The molecule has 0 aliphatic carbocycles. The van der Waals surface area contributed by atoms with Crippen LogP contribution in [0.3, 0.4) is 0 Å². The minimum Gasteiger partial charge on any atom is -0.366 e. The van der Waals surface area contributed by atoms with Crippen LogP contribution < -0.4 is 5.73 Å². The molecule has 1 aromatic carbocycles. The summed E-state index contributed by atoms with van der Waals surface area (Å²) in [5.41, 5.74) is 9.37. The zero-order valence-electron chi connectivity index (χ0n) is 10.9. The average molecular weight is 277 g/mol. The largest absolute Gasteiger partial charge is 0.366 e. The summed E-state index contributed by atoms with van der Waals surface area (Å²) in [5, 5.41) is 5.23. The molecular weight excluding hydrogens is 266 g/mol. The number of hydrogen-bond donors (Lipinski definition) is 2. The molecule has 4 aromatic rings. The van der Waals surface area contributed by atoms with Gasteiger partial charge in [0.25, 0.3) is 0 Å². The van der Waals surface area contributed by atoms with Crippen molar-refractivity contribution < 1.29 is 4.79 Å². The van der Waals surface area contributed by atoms with Gasteiger partial charge in [0.2, 0.25) is 5.91 Å². The minimum absolute atomic E-state index is 0.445. The molecule has 4 rings (SSSR count). The summed E-state index contributed by atoms with van der Waals surface area (Å²) in [5.74, 6) is -0.445. The standard InChI is InChI=1S/C15H11N5O/c16-15(21)9-1-2-14-10(5-9)7-19-20(14)11-6-13-12(18-8-11)3-4-17-13/h1-8,17H,(H2,16,21). The Bertz CT molecular complexity index is 982. The number of carbonyl (C=O) groups excluding carboxylic acids is 1. The van der Waals surface area contributed by atoms with Crippen LogP contribution >= 0.6 is 0 Å². The van der Waals surface area contributed by atoms with Crippen LogP contribution in [0.4, 0.5) is 0 Å². The van der Waals surface area contributed by atoms with Crippen molar-refractivity contribution >= 4 is 27.8 Å². The number of hydrogen-bond acceptors (Lipinski definition) is 3. The summed E-state index contributed by atoms with van der Waals surface area (Å²) in [6.45, 7) is 0. The Hall–Kier alpha value is -3.15. The lowest BCUT2D eigenvalue weighted by molar-refractivity contribution is 0.100. The van der Waals surface area contributed by atoms with Crippen LogP contribution in [-0.4, -0.2) is 25.7 Å². The van der Waals surface area contributed by atoms with Gasteiger partial charge < -0.3 is 10.7 Å². The van der Waals surface area contributed by atoms with Crippen LogP contribution in [0.15, 0.2) is 48.9 Å². The summed E-state index contributed by atoms with van der Waals surface area (Å²) in [4.78, 5) is 18.7.